The van der Waals surface area contributed by atoms with Crippen molar-refractivity contribution in [3.8, 4) is 11.5 Å². The molecule has 0 radical (unpaired) electrons. The van der Waals surface area contributed by atoms with Gasteiger partial charge in [-0.05, 0) is 38.0 Å². The van der Waals surface area contributed by atoms with E-state index in [-0.39, 0.29) is 18.7 Å². The number of ether oxygens (including phenoxy) is 2. The molecular weight excluding hydrogens is 308 g/mol. The monoisotopic (exact) mass is 328 g/mol. The van der Waals surface area contributed by atoms with Crippen LogP contribution in [0.5, 0.6) is 11.5 Å². The molecule has 0 bridgehead atoms. The Labute approximate surface area is 140 Å². The van der Waals surface area contributed by atoms with Crippen LogP contribution in [-0.2, 0) is 13.0 Å². The SMILES string of the molecule is C[C@@H](NC(=O)c1ccc2c(c1)OCO2)c1nnc2n1CCCCC2. The fourth-order valence-electron chi connectivity index (χ4n) is 3.21. The second-order valence-corrected chi connectivity index (χ2v) is 6.20. The topological polar surface area (TPSA) is 78.3 Å². The summed E-state index contributed by atoms with van der Waals surface area (Å²) in [6.45, 7) is 3.05. The van der Waals surface area contributed by atoms with Crippen molar-refractivity contribution in [1.82, 2.24) is 20.1 Å². The van der Waals surface area contributed by atoms with Gasteiger partial charge in [0.15, 0.2) is 17.3 Å². The van der Waals surface area contributed by atoms with Crippen molar-refractivity contribution in [2.24, 2.45) is 0 Å². The number of benzene rings is 1. The molecule has 2 aromatic rings. The summed E-state index contributed by atoms with van der Waals surface area (Å²) in [5.41, 5.74) is 0.543. The molecule has 1 N–H and O–H groups in total. The number of nitrogens with one attached hydrogen (secondary N) is 1. The van der Waals surface area contributed by atoms with Crippen molar-refractivity contribution < 1.29 is 14.3 Å². The predicted molar refractivity (Wildman–Crippen MR) is 86.0 cm³/mol. The minimum absolute atomic E-state index is 0.160. The molecule has 1 atom stereocenters. The van der Waals surface area contributed by atoms with Crippen molar-refractivity contribution in [1.29, 1.82) is 0 Å². The summed E-state index contributed by atoms with van der Waals surface area (Å²) >= 11 is 0. The molecule has 0 fully saturated rings. The number of aryl methyl sites for hydroxylation is 1. The third kappa shape index (κ3) is 2.70. The molecule has 0 saturated carbocycles. The minimum Gasteiger partial charge on any atom is -0.454 e. The Morgan fingerprint density at radius 2 is 2.08 bits per heavy atom. The van der Waals surface area contributed by atoms with Crippen molar-refractivity contribution >= 4 is 5.91 Å². The molecule has 126 valence electrons. The zero-order valence-corrected chi connectivity index (χ0v) is 13.6. The third-order valence-electron chi connectivity index (χ3n) is 4.51. The minimum atomic E-state index is -0.206. The molecule has 0 saturated heterocycles. The van der Waals surface area contributed by atoms with Gasteiger partial charge in [-0.1, -0.05) is 6.42 Å². The number of carbonyl (C=O) groups is 1. The Morgan fingerprint density at radius 1 is 1.21 bits per heavy atom. The van der Waals surface area contributed by atoms with Gasteiger partial charge in [-0.2, -0.15) is 0 Å². The molecule has 0 aliphatic carbocycles. The first-order chi connectivity index (χ1) is 11.7. The van der Waals surface area contributed by atoms with Gasteiger partial charge >= 0.3 is 0 Å². The number of amides is 1. The summed E-state index contributed by atoms with van der Waals surface area (Å²) in [5, 5.41) is 11.6. The van der Waals surface area contributed by atoms with E-state index in [2.05, 4.69) is 20.1 Å². The van der Waals surface area contributed by atoms with Crippen LogP contribution >= 0.6 is 0 Å². The van der Waals surface area contributed by atoms with Crippen LogP contribution in [-0.4, -0.2) is 27.5 Å². The smallest absolute Gasteiger partial charge is 0.252 e. The molecule has 0 unspecified atom stereocenters. The average molecular weight is 328 g/mol. The Bertz CT molecular complexity index is 771. The van der Waals surface area contributed by atoms with E-state index in [1.807, 2.05) is 6.92 Å². The molecule has 2 aliphatic heterocycles. The summed E-state index contributed by atoms with van der Waals surface area (Å²) in [6, 6.07) is 4.99. The number of carbonyl (C=O) groups excluding carboxylic acids is 1. The lowest BCUT2D eigenvalue weighted by molar-refractivity contribution is 0.0937. The molecule has 7 heteroatoms. The van der Waals surface area contributed by atoms with Gasteiger partial charge < -0.3 is 19.4 Å². The van der Waals surface area contributed by atoms with Gasteiger partial charge in [0.1, 0.15) is 5.82 Å². The van der Waals surface area contributed by atoms with E-state index in [0.717, 1.165) is 37.5 Å². The number of rotatable bonds is 3. The normalized spacial score (nSPS) is 17.0. The molecule has 4 rings (SSSR count). The van der Waals surface area contributed by atoms with E-state index in [4.69, 9.17) is 9.47 Å². The van der Waals surface area contributed by atoms with Crippen LogP contribution in [0.1, 0.15) is 54.2 Å². The Kier molecular flexibility index (Phi) is 3.84. The van der Waals surface area contributed by atoms with Crippen LogP contribution < -0.4 is 14.8 Å². The van der Waals surface area contributed by atoms with E-state index in [1.165, 1.54) is 6.42 Å². The number of aromatic nitrogens is 3. The summed E-state index contributed by atoms with van der Waals surface area (Å²) in [5.74, 6) is 2.95. The lowest BCUT2D eigenvalue weighted by atomic mass is 10.1. The second-order valence-electron chi connectivity index (χ2n) is 6.20. The Hall–Kier alpha value is -2.57. The maximum Gasteiger partial charge on any atom is 0.252 e. The van der Waals surface area contributed by atoms with Gasteiger partial charge in [0.05, 0.1) is 6.04 Å². The molecule has 0 spiro atoms. The van der Waals surface area contributed by atoms with Gasteiger partial charge in [0.25, 0.3) is 5.91 Å². The van der Waals surface area contributed by atoms with Gasteiger partial charge in [-0.3, -0.25) is 4.79 Å². The van der Waals surface area contributed by atoms with Crippen molar-refractivity contribution in [3.63, 3.8) is 0 Å². The lowest BCUT2D eigenvalue weighted by Gasteiger charge is -2.15. The second kappa shape index (κ2) is 6.14. The molecule has 24 heavy (non-hydrogen) atoms. The van der Waals surface area contributed by atoms with Crippen LogP contribution in [0, 0.1) is 0 Å². The number of hydrogen-bond acceptors (Lipinski definition) is 5. The highest BCUT2D eigenvalue weighted by Gasteiger charge is 2.22. The van der Waals surface area contributed by atoms with E-state index >= 15 is 0 Å². The largest absolute Gasteiger partial charge is 0.454 e. The highest BCUT2D eigenvalue weighted by Crippen LogP contribution is 2.32. The van der Waals surface area contributed by atoms with E-state index in [0.29, 0.717) is 17.1 Å². The van der Waals surface area contributed by atoms with Gasteiger partial charge in [0.2, 0.25) is 6.79 Å². The zero-order chi connectivity index (χ0) is 16.5. The van der Waals surface area contributed by atoms with Crippen LogP contribution in [0.3, 0.4) is 0 Å². The molecule has 1 amide bonds. The zero-order valence-electron chi connectivity index (χ0n) is 13.6. The maximum absolute atomic E-state index is 12.5. The number of fused-ring (bicyclic) bond motifs is 2. The first-order valence-corrected chi connectivity index (χ1v) is 8.35. The number of hydrogen-bond donors (Lipinski definition) is 1. The fraction of sp³-hybridized carbons (Fsp3) is 0.471. The summed E-state index contributed by atoms with van der Waals surface area (Å²) < 4.78 is 12.7. The highest BCUT2D eigenvalue weighted by molar-refractivity contribution is 5.95. The Morgan fingerprint density at radius 3 is 3.00 bits per heavy atom. The van der Waals surface area contributed by atoms with Gasteiger partial charge in [0, 0.05) is 18.5 Å². The standard InChI is InChI=1S/C17H20N4O3/c1-11(16-20-19-15-5-3-2-4-8-21(15)16)18-17(22)12-6-7-13-14(9-12)24-10-23-13/h6-7,9,11H,2-5,8,10H2,1H3,(H,18,22)/t11-/m1/s1. The van der Waals surface area contributed by atoms with Gasteiger partial charge in [-0.15, -0.1) is 10.2 Å². The van der Waals surface area contributed by atoms with Crippen LogP contribution in [0.25, 0.3) is 0 Å². The summed E-state index contributed by atoms with van der Waals surface area (Å²) in [4.78, 5) is 12.5. The Balaban J connectivity index is 1.51. The van der Waals surface area contributed by atoms with E-state index in [9.17, 15) is 4.79 Å². The van der Waals surface area contributed by atoms with E-state index < -0.39 is 0 Å². The molecule has 3 heterocycles. The predicted octanol–water partition coefficient (Wildman–Crippen LogP) is 2.22. The average Bonchev–Trinajstić information content (AvgIpc) is 3.15. The molecule has 1 aromatic carbocycles. The van der Waals surface area contributed by atoms with Crippen molar-refractivity contribution in [3.05, 3.63) is 35.4 Å². The van der Waals surface area contributed by atoms with Gasteiger partial charge in [-0.25, -0.2) is 0 Å². The summed E-state index contributed by atoms with van der Waals surface area (Å²) in [6.07, 6.45) is 4.44. The third-order valence-corrected chi connectivity index (χ3v) is 4.51. The fourth-order valence-corrected chi connectivity index (χ4v) is 3.21. The summed E-state index contributed by atoms with van der Waals surface area (Å²) in [7, 11) is 0. The highest BCUT2D eigenvalue weighted by atomic mass is 16.7. The first kappa shape index (κ1) is 15.0. The molecule has 1 aromatic heterocycles. The number of nitrogens with zero attached hydrogens (tertiary/aromatic N) is 3. The van der Waals surface area contributed by atoms with Crippen molar-refractivity contribution in [2.75, 3.05) is 6.79 Å². The van der Waals surface area contributed by atoms with Crippen LogP contribution in [0.15, 0.2) is 18.2 Å². The molecular formula is C17H20N4O3. The first-order valence-electron chi connectivity index (χ1n) is 8.35. The lowest BCUT2D eigenvalue weighted by Crippen LogP contribution is -2.29. The molecule has 2 aliphatic rings. The quantitative estimate of drug-likeness (QED) is 0.935. The maximum atomic E-state index is 12.5. The molecule has 7 nitrogen and oxygen atoms in total. The van der Waals surface area contributed by atoms with E-state index in [1.54, 1.807) is 18.2 Å². The van der Waals surface area contributed by atoms with Crippen molar-refractivity contribution in [2.45, 2.75) is 45.2 Å². The van der Waals surface area contributed by atoms with Crippen LogP contribution in [0.4, 0.5) is 0 Å². The van der Waals surface area contributed by atoms with Crippen LogP contribution in [0.2, 0.25) is 0 Å².